The summed E-state index contributed by atoms with van der Waals surface area (Å²) in [6, 6.07) is 10.7. The highest BCUT2D eigenvalue weighted by Crippen LogP contribution is 2.31. The van der Waals surface area contributed by atoms with Crippen molar-refractivity contribution in [2.75, 3.05) is 25.3 Å². The lowest BCUT2D eigenvalue weighted by atomic mass is 10.1. The SMILES string of the molecule is COc1cc(OC)c(N)c(C(=O)Nc2cccc(I)c2)c1. The van der Waals surface area contributed by atoms with Crippen molar-refractivity contribution in [3.8, 4) is 11.5 Å². The van der Waals surface area contributed by atoms with Gasteiger partial charge in [-0.25, -0.2) is 0 Å². The summed E-state index contributed by atoms with van der Waals surface area (Å²) in [6.07, 6.45) is 0. The summed E-state index contributed by atoms with van der Waals surface area (Å²) in [6.45, 7) is 0. The maximum absolute atomic E-state index is 12.4. The number of ether oxygens (including phenoxy) is 2. The molecule has 5 nitrogen and oxygen atoms in total. The van der Waals surface area contributed by atoms with E-state index in [1.165, 1.54) is 14.2 Å². The summed E-state index contributed by atoms with van der Waals surface area (Å²) in [5.41, 5.74) is 7.25. The van der Waals surface area contributed by atoms with E-state index in [1.807, 2.05) is 24.3 Å². The van der Waals surface area contributed by atoms with E-state index >= 15 is 0 Å². The number of amides is 1. The number of methoxy groups -OCH3 is 2. The molecule has 0 aromatic heterocycles. The van der Waals surface area contributed by atoms with Crippen LogP contribution in [0.5, 0.6) is 11.5 Å². The summed E-state index contributed by atoms with van der Waals surface area (Å²) in [5, 5.41) is 2.81. The third-order valence-corrected chi connectivity index (χ3v) is 3.57. The van der Waals surface area contributed by atoms with Gasteiger partial charge in [-0.15, -0.1) is 0 Å². The Labute approximate surface area is 136 Å². The number of rotatable bonds is 4. The van der Waals surface area contributed by atoms with Gasteiger partial charge >= 0.3 is 0 Å². The lowest BCUT2D eigenvalue weighted by Gasteiger charge is -2.13. The predicted octanol–water partition coefficient (Wildman–Crippen LogP) is 3.14. The van der Waals surface area contributed by atoms with Gasteiger partial charge in [0.2, 0.25) is 0 Å². The monoisotopic (exact) mass is 398 g/mol. The fourth-order valence-corrected chi connectivity index (χ4v) is 2.38. The number of nitrogens with two attached hydrogens (primary N) is 1. The van der Waals surface area contributed by atoms with Crippen LogP contribution >= 0.6 is 22.6 Å². The number of carbonyl (C=O) groups excluding carboxylic acids is 1. The Morgan fingerprint density at radius 3 is 2.57 bits per heavy atom. The molecule has 0 aliphatic carbocycles. The van der Waals surface area contributed by atoms with Crippen LogP contribution in [-0.4, -0.2) is 20.1 Å². The Bertz CT molecular complexity index is 674. The number of benzene rings is 2. The quantitative estimate of drug-likeness (QED) is 0.613. The van der Waals surface area contributed by atoms with Crippen LogP contribution in [0.1, 0.15) is 10.4 Å². The van der Waals surface area contributed by atoms with Crippen LogP contribution in [0.15, 0.2) is 36.4 Å². The zero-order valence-corrected chi connectivity index (χ0v) is 13.8. The topological polar surface area (TPSA) is 73.6 Å². The number of nitrogens with one attached hydrogen (secondary N) is 1. The summed E-state index contributed by atoms with van der Waals surface area (Å²) < 4.78 is 11.3. The predicted molar refractivity (Wildman–Crippen MR) is 91.1 cm³/mol. The molecule has 0 aliphatic heterocycles. The van der Waals surface area contributed by atoms with E-state index in [2.05, 4.69) is 27.9 Å². The summed E-state index contributed by atoms with van der Waals surface area (Å²) in [7, 11) is 3.01. The van der Waals surface area contributed by atoms with E-state index in [-0.39, 0.29) is 11.6 Å². The molecule has 0 heterocycles. The molecule has 1 amide bonds. The number of anilines is 2. The molecule has 0 saturated carbocycles. The number of nitrogen functional groups attached to an aromatic ring is 1. The molecular weight excluding hydrogens is 383 g/mol. The van der Waals surface area contributed by atoms with Crippen molar-refractivity contribution >= 4 is 39.9 Å². The van der Waals surface area contributed by atoms with Crippen molar-refractivity contribution in [2.24, 2.45) is 0 Å². The second kappa shape index (κ2) is 6.66. The van der Waals surface area contributed by atoms with Crippen LogP contribution in [0.4, 0.5) is 11.4 Å². The summed E-state index contributed by atoms with van der Waals surface area (Å²) in [5.74, 6) is 0.600. The van der Waals surface area contributed by atoms with E-state index in [0.29, 0.717) is 22.7 Å². The molecule has 0 radical (unpaired) electrons. The molecule has 2 aromatic rings. The van der Waals surface area contributed by atoms with Crippen LogP contribution < -0.4 is 20.5 Å². The number of hydrogen-bond donors (Lipinski definition) is 2. The second-order valence-corrected chi connectivity index (χ2v) is 5.50. The molecule has 3 N–H and O–H groups in total. The lowest BCUT2D eigenvalue weighted by molar-refractivity contribution is 0.102. The summed E-state index contributed by atoms with van der Waals surface area (Å²) >= 11 is 2.18. The minimum atomic E-state index is -0.313. The third kappa shape index (κ3) is 3.57. The van der Waals surface area contributed by atoms with Crippen molar-refractivity contribution in [3.05, 3.63) is 45.5 Å². The average molecular weight is 398 g/mol. The molecule has 110 valence electrons. The molecule has 0 bridgehead atoms. The zero-order valence-electron chi connectivity index (χ0n) is 11.6. The first-order valence-corrected chi connectivity index (χ1v) is 7.21. The molecule has 21 heavy (non-hydrogen) atoms. The van der Waals surface area contributed by atoms with Crippen LogP contribution in [0.3, 0.4) is 0 Å². The largest absolute Gasteiger partial charge is 0.497 e. The van der Waals surface area contributed by atoms with Gasteiger partial charge in [0.25, 0.3) is 5.91 Å². The summed E-state index contributed by atoms with van der Waals surface area (Å²) in [4.78, 5) is 12.4. The number of hydrogen-bond acceptors (Lipinski definition) is 4. The second-order valence-electron chi connectivity index (χ2n) is 4.26. The Morgan fingerprint density at radius 1 is 1.19 bits per heavy atom. The standard InChI is InChI=1S/C15H15IN2O3/c1-20-11-7-12(14(17)13(8-11)21-2)15(19)18-10-5-3-4-9(16)6-10/h3-8H,17H2,1-2H3,(H,18,19). The van der Waals surface area contributed by atoms with E-state index in [4.69, 9.17) is 15.2 Å². The maximum Gasteiger partial charge on any atom is 0.258 e. The van der Waals surface area contributed by atoms with E-state index in [9.17, 15) is 4.79 Å². The van der Waals surface area contributed by atoms with Crippen LogP contribution in [0, 0.1) is 3.57 Å². The van der Waals surface area contributed by atoms with Gasteiger partial charge in [0.1, 0.15) is 11.5 Å². The molecule has 0 saturated heterocycles. The van der Waals surface area contributed by atoms with E-state index < -0.39 is 0 Å². The first-order valence-electron chi connectivity index (χ1n) is 6.13. The van der Waals surface area contributed by atoms with Gasteiger partial charge < -0.3 is 20.5 Å². The third-order valence-electron chi connectivity index (χ3n) is 2.90. The van der Waals surface area contributed by atoms with Gasteiger partial charge in [0.05, 0.1) is 25.5 Å². The van der Waals surface area contributed by atoms with Gasteiger partial charge in [-0.05, 0) is 46.9 Å². The highest BCUT2D eigenvalue weighted by Gasteiger charge is 2.16. The minimum absolute atomic E-state index is 0.279. The minimum Gasteiger partial charge on any atom is -0.497 e. The average Bonchev–Trinajstić information content (AvgIpc) is 2.47. The van der Waals surface area contributed by atoms with Gasteiger partial charge in [-0.2, -0.15) is 0 Å². The maximum atomic E-state index is 12.4. The lowest BCUT2D eigenvalue weighted by Crippen LogP contribution is -2.15. The zero-order chi connectivity index (χ0) is 15.4. The van der Waals surface area contributed by atoms with Gasteiger partial charge in [-0.3, -0.25) is 4.79 Å². The highest BCUT2D eigenvalue weighted by atomic mass is 127. The molecule has 2 rings (SSSR count). The molecule has 0 fully saturated rings. The van der Waals surface area contributed by atoms with E-state index in [0.717, 1.165) is 3.57 Å². The highest BCUT2D eigenvalue weighted by molar-refractivity contribution is 14.1. The van der Waals surface area contributed by atoms with Gasteiger partial charge in [0, 0.05) is 15.3 Å². The Balaban J connectivity index is 2.34. The molecule has 0 aliphatic rings. The molecule has 6 heteroatoms. The van der Waals surface area contributed by atoms with Crippen molar-refractivity contribution < 1.29 is 14.3 Å². The van der Waals surface area contributed by atoms with Crippen molar-refractivity contribution in [1.29, 1.82) is 0 Å². The molecular formula is C15H15IN2O3. The van der Waals surface area contributed by atoms with Gasteiger partial charge in [0.15, 0.2) is 0 Å². The smallest absolute Gasteiger partial charge is 0.258 e. The van der Waals surface area contributed by atoms with Gasteiger partial charge in [-0.1, -0.05) is 6.07 Å². The van der Waals surface area contributed by atoms with Crippen molar-refractivity contribution in [2.45, 2.75) is 0 Å². The van der Waals surface area contributed by atoms with Crippen LogP contribution in [-0.2, 0) is 0 Å². The fourth-order valence-electron chi connectivity index (χ4n) is 1.84. The first-order chi connectivity index (χ1) is 10.0. The Hall–Kier alpha value is -1.96. The molecule has 0 atom stereocenters. The Kier molecular flexibility index (Phi) is 4.89. The van der Waals surface area contributed by atoms with Crippen LogP contribution in [0.2, 0.25) is 0 Å². The number of carbonyl (C=O) groups is 1. The number of halogens is 1. The fraction of sp³-hybridized carbons (Fsp3) is 0.133. The van der Waals surface area contributed by atoms with Crippen molar-refractivity contribution in [1.82, 2.24) is 0 Å². The molecule has 0 spiro atoms. The molecule has 2 aromatic carbocycles. The van der Waals surface area contributed by atoms with Crippen LogP contribution in [0.25, 0.3) is 0 Å². The first kappa shape index (κ1) is 15.4. The van der Waals surface area contributed by atoms with E-state index in [1.54, 1.807) is 12.1 Å². The van der Waals surface area contributed by atoms with Crippen molar-refractivity contribution in [3.63, 3.8) is 0 Å². The Morgan fingerprint density at radius 2 is 1.95 bits per heavy atom. The molecule has 0 unspecified atom stereocenters. The normalized spacial score (nSPS) is 10.0.